The SMILES string of the molecule is CCCCCCCCCCCC(=O)[O-].CCCC[N+](CCCC)(CCCC)CCCC.CCCC[N+](CCCC)(CCCC)CCCC.[Br-]. The van der Waals surface area contributed by atoms with Crippen molar-refractivity contribution in [2.45, 2.75) is 229 Å². The van der Waals surface area contributed by atoms with E-state index < -0.39 is 5.97 Å². The monoisotopic (exact) mass is 763 g/mol. The van der Waals surface area contributed by atoms with Gasteiger partial charge in [-0.05, 0) is 64.2 Å². The van der Waals surface area contributed by atoms with Gasteiger partial charge in [-0.2, -0.15) is 0 Å². The summed E-state index contributed by atoms with van der Waals surface area (Å²) < 4.78 is 2.84. The molecule has 0 saturated carbocycles. The summed E-state index contributed by atoms with van der Waals surface area (Å²) >= 11 is 0. The zero-order chi connectivity index (χ0) is 36.6. The van der Waals surface area contributed by atoms with Crippen LogP contribution in [0.3, 0.4) is 0 Å². The maximum atomic E-state index is 10.1. The normalized spacial score (nSPS) is 11.3. The number of hydrogen-bond donors (Lipinski definition) is 0. The third-order valence-electron chi connectivity index (χ3n) is 10.4. The Morgan fingerprint density at radius 3 is 0.694 bits per heavy atom. The molecule has 0 aromatic rings. The van der Waals surface area contributed by atoms with Gasteiger partial charge >= 0.3 is 0 Å². The predicted octanol–water partition coefficient (Wildman–Crippen LogP) is 9.67. The zero-order valence-electron chi connectivity index (χ0n) is 35.6. The fourth-order valence-electron chi connectivity index (χ4n) is 6.87. The third kappa shape index (κ3) is 38.9. The van der Waals surface area contributed by atoms with Gasteiger partial charge in [-0.1, -0.05) is 165 Å². The molecule has 0 aliphatic rings. The number of aliphatic carboxylic acids is 1. The van der Waals surface area contributed by atoms with Crippen molar-refractivity contribution >= 4 is 5.97 Å². The van der Waals surface area contributed by atoms with Crippen LogP contribution in [0.2, 0.25) is 0 Å². The molecule has 0 unspecified atom stereocenters. The van der Waals surface area contributed by atoms with Crippen LogP contribution in [0.4, 0.5) is 0 Å². The van der Waals surface area contributed by atoms with Crippen molar-refractivity contribution in [3.63, 3.8) is 0 Å². The molecule has 0 N–H and O–H groups in total. The first-order valence-corrected chi connectivity index (χ1v) is 22.2. The Balaban J connectivity index is -0.000000309. The lowest BCUT2D eigenvalue weighted by Crippen LogP contribution is -3.00. The molecule has 0 fully saturated rings. The van der Waals surface area contributed by atoms with E-state index in [1.807, 2.05) is 0 Å². The molecule has 300 valence electrons. The Hall–Kier alpha value is -0.130. The summed E-state index contributed by atoms with van der Waals surface area (Å²) in [6.07, 6.45) is 33.3. The van der Waals surface area contributed by atoms with Crippen LogP contribution in [-0.4, -0.2) is 67.3 Å². The second-order valence-electron chi connectivity index (χ2n) is 15.3. The van der Waals surface area contributed by atoms with E-state index in [1.54, 1.807) is 0 Å². The molecule has 0 radical (unpaired) electrons. The first-order chi connectivity index (χ1) is 23.3. The van der Waals surface area contributed by atoms with Gasteiger partial charge in [0.15, 0.2) is 0 Å². The molecule has 0 spiro atoms. The van der Waals surface area contributed by atoms with Gasteiger partial charge in [-0.3, -0.25) is 0 Å². The van der Waals surface area contributed by atoms with Crippen molar-refractivity contribution in [2.75, 3.05) is 52.4 Å². The Labute approximate surface area is 322 Å². The number of carbonyl (C=O) groups excluding carboxylic acids is 1. The lowest BCUT2D eigenvalue weighted by Gasteiger charge is -2.39. The fraction of sp³-hybridized carbons (Fsp3) is 0.977. The quantitative estimate of drug-likeness (QED) is 0.0484. The van der Waals surface area contributed by atoms with E-state index in [1.165, 1.54) is 209 Å². The van der Waals surface area contributed by atoms with E-state index in [0.29, 0.717) is 0 Å². The van der Waals surface area contributed by atoms with Crippen molar-refractivity contribution in [3.05, 3.63) is 0 Å². The standard InChI is InChI=1S/2C16H36N.C12H24O2.BrH/c2*1-5-9-13-17(14-10-6-2,15-11-7-3)16-12-8-4;1-2-3-4-5-6-7-8-9-10-11-12(13)14;/h2*5-16H2,1-4H3;2-11H2,1H3,(H,13,14);1H/q2*+1;;/p-2. The minimum Gasteiger partial charge on any atom is -1.00 e. The van der Waals surface area contributed by atoms with E-state index in [9.17, 15) is 9.90 Å². The molecule has 0 rings (SSSR count). The largest absolute Gasteiger partial charge is 1.00 e. The number of rotatable bonds is 34. The molecule has 0 aromatic carbocycles. The fourth-order valence-corrected chi connectivity index (χ4v) is 6.87. The van der Waals surface area contributed by atoms with Gasteiger partial charge in [-0.15, -0.1) is 0 Å². The molecular formula is C44H95BrN2O2. The molecule has 5 heteroatoms. The third-order valence-corrected chi connectivity index (χ3v) is 10.4. The Morgan fingerprint density at radius 1 is 0.327 bits per heavy atom. The van der Waals surface area contributed by atoms with Gasteiger partial charge in [0.1, 0.15) is 0 Å². The van der Waals surface area contributed by atoms with Crippen molar-refractivity contribution < 1.29 is 35.8 Å². The zero-order valence-corrected chi connectivity index (χ0v) is 37.2. The van der Waals surface area contributed by atoms with Crippen LogP contribution < -0.4 is 22.1 Å². The molecular weight excluding hydrogens is 668 g/mol. The number of halogens is 1. The molecule has 0 bridgehead atoms. The molecule has 0 aliphatic carbocycles. The highest BCUT2D eigenvalue weighted by molar-refractivity contribution is 5.64. The number of carbonyl (C=O) groups is 1. The summed E-state index contributed by atoms with van der Waals surface area (Å²) in [6, 6.07) is 0. The topological polar surface area (TPSA) is 40.1 Å². The maximum absolute atomic E-state index is 10.1. The number of carboxylic acid groups (broad SMARTS) is 1. The summed E-state index contributed by atoms with van der Waals surface area (Å²) in [5, 5.41) is 10.1. The van der Waals surface area contributed by atoms with Gasteiger partial charge < -0.3 is 35.8 Å². The van der Waals surface area contributed by atoms with E-state index in [0.717, 1.165) is 12.8 Å². The lowest BCUT2D eigenvalue weighted by atomic mass is 10.1. The van der Waals surface area contributed by atoms with Crippen LogP contribution in [-0.2, 0) is 4.79 Å². The average Bonchev–Trinajstić information content (AvgIpc) is 3.10. The molecule has 49 heavy (non-hydrogen) atoms. The summed E-state index contributed by atoms with van der Waals surface area (Å²) in [7, 11) is 0. The maximum Gasteiger partial charge on any atom is 0.0786 e. The smallest absolute Gasteiger partial charge is 0.0786 e. The van der Waals surface area contributed by atoms with Gasteiger partial charge in [0.25, 0.3) is 0 Å². The van der Waals surface area contributed by atoms with Crippen LogP contribution in [0.5, 0.6) is 0 Å². The first kappa shape index (κ1) is 55.6. The average molecular weight is 764 g/mol. The van der Waals surface area contributed by atoms with Crippen LogP contribution in [0.15, 0.2) is 0 Å². The van der Waals surface area contributed by atoms with E-state index in [2.05, 4.69) is 62.3 Å². The molecule has 0 atom stereocenters. The van der Waals surface area contributed by atoms with Crippen molar-refractivity contribution in [1.29, 1.82) is 0 Å². The predicted molar refractivity (Wildman–Crippen MR) is 216 cm³/mol. The lowest BCUT2D eigenvalue weighted by molar-refractivity contribution is -0.929. The van der Waals surface area contributed by atoms with Crippen LogP contribution >= 0.6 is 0 Å². The molecule has 0 aliphatic heterocycles. The minimum absolute atomic E-state index is 0. The number of hydrogen-bond acceptors (Lipinski definition) is 2. The highest BCUT2D eigenvalue weighted by Gasteiger charge is 2.25. The molecule has 0 heterocycles. The second-order valence-corrected chi connectivity index (χ2v) is 15.3. The summed E-state index contributed by atoms with van der Waals surface area (Å²) in [5.41, 5.74) is 0. The minimum atomic E-state index is -0.909. The second kappa shape index (κ2) is 44.0. The van der Waals surface area contributed by atoms with E-state index in [4.69, 9.17) is 0 Å². The summed E-state index contributed by atoms with van der Waals surface area (Å²) in [5.74, 6) is -0.909. The summed E-state index contributed by atoms with van der Waals surface area (Å²) in [4.78, 5) is 10.1. The number of nitrogens with zero attached hydrogens (tertiary/aromatic N) is 2. The van der Waals surface area contributed by atoms with Crippen LogP contribution in [0.1, 0.15) is 229 Å². The number of unbranched alkanes of at least 4 members (excludes halogenated alkanes) is 16. The van der Waals surface area contributed by atoms with Gasteiger partial charge in [0.05, 0.1) is 52.4 Å². The van der Waals surface area contributed by atoms with Crippen molar-refractivity contribution in [3.8, 4) is 0 Å². The molecule has 0 amide bonds. The van der Waals surface area contributed by atoms with Gasteiger partial charge in [-0.25, -0.2) is 0 Å². The van der Waals surface area contributed by atoms with Crippen LogP contribution in [0.25, 0.3) is 0 Å². The van der Waals surface area contributed by atoms with E-state index >= 15 is 0 Å². The molecule has 0 saturated heterocycles. The first-order valence-electron chi connectivity index (χ1n) is 22.2. The Bertz CT molecular complexity index is 505. The van der Waals surface area contributed by atoms with Gasteiger partial charge in [0.2, 0.25) is 0 Å². The molecule has 4 nitrogen and oxygen atoms in total. The molecule has 0 aromatic heterocycles. The van der Waals surface area contributed by atoms with Gasteiger partial charge in [0, 0.05) is 5.97 Å². The van der Waals surface area contributed by atoms with Crippen LogP contribution in [0, 0.1) is 0 Å². The van der Waals surface area contributed by atoms with Crippen molar-refractivity contribution in [1.82, 2.24) is 0 Å². The number of quaternary nitrogens is 2. The van der Waals surface area contributed by atoms with Crippen molar-refractivity contribution in [2.24, 2.45) is 0 Å². The summed E-state index contributed by atoms with van der Waals surface area (Å²) in [6.45, 7) is 32.3. The van der Waals surface area contributed by atoms with E-state index in [-0.39, 0.29) is 23.4 Å². The number of carboxylic acids is 1. The highest BCUT2D eigenvalue weighted by atomic mass is 79.9. The Kier molecular flexibility index (Phi) is 50.0. The Morgan fingerprint density at radius 2 is 0.510 bits per heavy atom. The highest BCUT2D eigenvalue weighted by Crippen LogP contribution is 2.18.